The second-order valence-electron chi connectivity index (χ2n) is 3.22. The first-order valence-electron chi connectivity index (χ1n) is 5.82. The third-order valence-corrected chi connectivity index (χ3v) is 1.42. The maximum atomic E-state index is 10.1. The first-order chi connectivity index (χ1) is 8.58. The molecule has 0 aromatic carbocycles. The van der Waals surface area contributed by atoms with Crippen molar-refractivity contribution in [1.82, 2.24) is 0 Å². The van der Waals surface area contributed by atoms with Gasteiger partial charge in [-0.15, -0.1) is 0 Å². The molecule has 0 fully saturated rings. The molecule has 0 saturated carbocycles. The van der Waals surface area contributed by atoms with Crippen molar-refractivity contribution in [3.63, 3.8) is 0 Å². The van der Waals surface area contributed by atoms with Crippen LogP contribution in [0.5, 0.6) is 0 Å². The van der Waals surface area contributed by atoms with Gasteiger partial charge in [-0.1, -0.05) is 6.58 Å². The predicted octanol–water partition coefficient (Wildman–Crippen LogP) is 0.128. The van der Waals surface area contributed by atoms with Gasteiger partial charge in [0, 0.05) is 6.08 Å². The maximum absolute atomic E-state index is 10.1. The zero-order valence-corrected chi connectivity index (χ0v) is 11.1. The number of rotatable bonds is 9. The zero-order chi connectivity index (χ0) is 14.2. The fourth-order valence-corrected chi connectivity index (χ4v) is 0.740. The molecule has 1 unspecified atom stereocenters. The van der Waals surface area contributed by atoms with E-state index in [4.69, 9.17) is 19.7 Å². The van der Waals surface area contributed by atoms with E-state index in [-0.39, 0.29) is 12.6 Å². The summed E-state index contributed by atoms with van der Waals surface area (Å²) in [5, 5.41) is 17.1. The second-order valence-corrected chi connectivity index (χ2v) is 3.22. The van der Waals surface area contributed by atoms with Gasteiger partial charge in [0.1, 0.15) is 0 Å². The quantitative estimate of drug-likeness (QED) is 0.350. The number of carbonyl (C=O) groups excluding carboxylic acids is 1. The lowest BCUT2D eigenvalue weighted by molar-refractivity contribution is -0.137. The SMILES string of the molecule is C=CC(=O)OCC.CC(O)COCCOCCO. The number of aliphatic hydroxyl groups is 2. The molecule has 0 amide bonds. The molecule has 0 spiro atoms. The van der Waals surface area contributed by atoms with E-state index in [9.17, 15) is 4.79 Å². The number of esters is 1. The average molecular weight is 264 g/mol. The molecule has 0 heterocycles. The van der Waals surface area contributed by atoms with Crippen LogP contribution in [-0.2, 0) is 19.0 Å². The van der Waals surface area contributed by atoms with Gasteiger partial charge in [-0.2, -0.15) is 0 Å². The summed E-state index contributed by atoms with van der Waals surface area (Å²) in [6.07, 6.45) is 0.719. The Labute approximate surface area is 108 Å². The monoisotopic (exact) mass is 264 g/mol. The van der Waals surface area contributed by atoms with Gasteiger partial charge in [0.15, 0.2) is 0 Å². The van der Waals surface area contributed by atoms with Crippen molar-refractivity contribution >= 4 is 5.97 Å². The van der Waals surface area contributed by atoms with Crippen molar-refractivity contribution in [2.75, 3.05) is 39.6 Å². The highest BCUT2D eigenvalue weighted by Crippen LogP contribution is 1.83. The lowest BCUT2D eigenvalue weighted by atomic mass is 10.4. The topological polar surface area (TPSA) is 85.2 Å². The summed E-state index contributed by atoms with van der Waals surface area (Å²) in [7, 11) is 0. The Kier molecular flexibility index (Phi) is 17.3. The third-order valence-electron chi connectivity index (χ3n) is 1.42. The molecule has 6 heteroatoms. The van der Waals surface area contributed by atoms with E-state index in [0.29, 0.717) is 33.0 Å². The van der Waals surface area contributed by atoms with Gasteiger partial charge in [0.05, 0.1) is 45.7 Å². The minimum atomic E-state index is -0.423. The van der Waals surface area contributed by atoms with Crippen LogP contribution >= 0.6 is 0 Å². The van der Waals surface area contributed by atoms with Crippen LogP contribution in [-0.4, -0.2) is 61.9 Å². The van der Waals surface area contributed by atoms with Crippen molar-refractivity contribution < 1.29 is 29.2 Å². The van der Waals surface area contributed by atoms with Gasteiger partial charge in [-0.25, -0.2) is 4.79 Å². The number of hydrogen-bond donors (Lipinski definition) is 2. The summed E-state index contributed by atoms with van der Waals surface area (Å²) in [4.78, 5) is 10.1. The third kappa shape index (κ3) is 20.5. The van der Waals surface area contributed by atoms with E-state index in [1.165, 1.54) is 0 Å². The van der Waals surface area contributed by atoms with Crippen LogP contribution in [0.1, 0.15) is 13.8 Å². The number of aliphatic hydroxyl groups excluding tert-OH is 2. The fraction of sp³-hybridized carbons (Fsp3) is 0.750. The van der Waals surface area contributed by atoms with Gasteiger partial charge in [0.25, 0.3) is 0 Å². The molecule has 18 heavy (non-hydrogen) atoms. The zero-order valence-electron chi connectivity index (χ0n) is 11.1. The molecular weight excluding hydrogens is 240 g/mol. The van der Waals surface area contributed by atoms with Crippen molar-refractivity contribution in [2.24, 2.45) is 0 Å². The van der Waals surface area contributed by atoms with Gasteiger partial charge in [-0.3, -0.25) is 0 Å². The maximum Gasteiger partial charge on any atom is 0.330 e. The fourth-order valence-electron chi connectivity index (χ4n) is 0.740. The van der Waals surface area contributed by atoms with Crippen LogP contribution in [0, 0.1) is 0 Å². The van der Waals surface area contributed by atoms with Gasteiger partial charge < -0.3 is 24.4 Å². The highest BCUT2D eigenvalue weighted by Gasteiger charge is 1.94. The molecule has 2 N–H and O–H groups in total. The van der Waals surface area contributed by atoms with Crippen molar-refractivity contribution in [3.05, 3.63) is 12.7 Å². The molecule has 1 atom stereocenters. The van der Waals surface area contributed by atoms with E-state index in [2.05, 4.69) is 11.3 Å². The van der Waals surface area contributed by atoms with Crippen molar-refractivity contribution in [3.8, 4) is 0 Å². The van der Waals surface area contributed by atoms with Crippen molar-refractivity contribution in [1.29, 1.82) is 0 Å². The molecule has 0 aliphatic carbocycles. The minimum Gasteiger partial charge on any atom is -0.463 e. The van der Waals surface area contributed by atoms with Crippen LogP contribution in [0.15, 0.2) is 12.7 Å². The Hall–Kier alpha value is -0.950. The Bertz CT molecular complexity index is 193. The number of hydrogen-bond acceptors (Lipinski definition) is 6. The largest absolute Gasteiger partial charge is 0.463 e. The summed E-state index contributed by atoms with van der Waals surface area (Å²) in [5.41, 5.74) is 0. The second kappa shape index (κ2) is 16.1. The predicted molar refractivity (Wildman–Crippen MR) is 67.2 cm³/mol. The number of carbonyl (C=O) groups is 1. The first-order valence-corrected chi connectivity index (χ1v) is 5.82. The van der Waals surface area contributed by atoms with Crippen LogP contribution in [0.3, 0.4) is 0 Å². The number of ether oxygens (including phenoxy) is 3. The molecule has 0 aromatic heterocycles. The summed E-state index contributed by atoms with van der Waals surface area (Å²) in [6, 6.07) is 0. The minimum absolute atomic E-state index is 0.0381. The smallest absolute Gasteiger partial charge is 0.330 e. The van der Waals surface area contributed by atoms with E-state index >= 15 is 0 Å². The van der Waals surface area contributed by atoms with Crippen LogP contribution < -0.4 is 0 Å². The molecule has 0 aliphatic rings. The summed E-state index contributed by atoms with van der Waals surface area (Å²) in [6.45, 7) is 8.69. The lowest BCUT2D eigenvalue weighted by Gasteiger charge is -2.05. The standard InChI is InChI=1S/C7H16O4.C5H8O2/c1-7(9)6-11-5-4-10-3-2-8;1-3-5(6)7-4-2/h7-9H,2-6H2,1H3;3H,1,4H2,2H3. The molecular formula is C12H24O6. The van der Waals surface area contributed by atoms with E-state index in [1.807, 2.05) is 0 Å². The summed E-state index contributed by atoms with van der Waals surface area (Å²) in [5.74, 6) is -0.359. The van der Waals surface area contributed by atoms with Crippen LogP contribution in [0.25, 0.3) is 0 Å². The summed E-state index contributed by atoms with van der Waals surface area (Å²) < 4.78 is 14.3. The molecule has 108 valence electrons. The highest BCUT2D eigenvalue weighted by atomic mass is 16.5. The normalized spacial score (nSPS) is 11.1. The van der Waals surface area contributed by atoms with Gasteiger partial charge >= 0.3 is 5.97 Å². The Balaban J connectivity index is 0. The first kappa shape index (κ1) is 19.4. The van der Waals surface area contributed by atoms with Gasteiger partial charge in [-0.05, 0) is 13.8 Å². The molecule has 6 nitrogen and oxygen atoms in total. The molecule has 0 bridgehead atoms. The molecule has 0 aromatic rings. The van der Waals surface area contributed by atoms with Gasteiger partial charge in [0.2, 0.25) is 0 Å². The highest BCUT2D eigenvalue weighted by molar-refractivity contribution is 5.81. The summed E-state index contributed by atoms with van der Waals surface area (Å²) >= 11 is 0. The average Bonchev–Trinajstić information content (AvgIpc) is 2.34. The molecule has 0 aliphatic heterocycles. The van der Waals surface area contributed by atoms with E-state index in [1.54, 1.807) is 13.8 Å². The Morgan fingerprint density at radius 1 is 1.33 bits per heavy atom. The van der Waals surface area contributed by atoms with E-state index < -0.39 is 6.10 Å². The van der Waals surface area contributed by atoms with E-state index in [0.717, 1.165) is 6.08 Å². The Morgan fingerprint density at radius 2 is 1.94 bits per heavy atom. The molecule has 0 rings (SSSR count). The molecule has 0 saturated heterocycles. The van der Waals surface area contributed by atoms with Crippen LogP contribution in [0.4, 0.5) is 0 Å². The van der Waals surface area contributed by atoms with Crippen LogP contribution in [0.2, 0.25) is 0 Å². The molecule has 0 radical (unpaired) electrons. The lowest BCUT2D eigenvalue weighted by Crippen LogP contribution is -2.14. The Morgan fingerprint density at radius 3 is 2.33 bits per heavy atom. The van der Waals surface area contributed by atoms with Crippen molar-refractivity contribution in [2.45, 2.75) is 20.0 Å².